The molecule has 176 valence electrons. The first kappa shape index (κ1) is 23.6. The van der Waals surface area contributed by atoms with E-state index in [4.69, 9.17) is 18.9 Å². The summed E-state index contributed by atoms with van der Waals surface area (Å²) in [6.45, 7) is 9.56. The Kier molecular flexibility index (Phi) is 6.80. The van der Waals surface area contributed by atoms with Crippen molar-refractivity contribution in [1.29, 1.82) is 0 Å². The van der Waals surface area contributed by atoms with Crippen LogP contribution in [0.5, 0.6) is 0 Å². The summed E-state index contributed by atoms with van der Waals surface area (Å²) in [7, 11) is 0. The van der Waals surface area contributed by atoms with E-state index in [1.165, 1.54) is 23.9 Å². The molecule has 1 saturated heterocycles. The highest BCUT2D eigenvalue weighted by molar-refractivity contribution is 5.77. The Morgan fingerprint density at radius 2 is 1.09 bits per heavy atom. The minimum absolute atomic E-state index is 0.0215. The summed E-state index contributed by atoms with van der Waals surface area (Å²) in [5.74, 6) is -1.31. The van der Waals surface area contributed by atoms with Crippen LogP contribution >= 0.6 is 0 Å². The van der Waals surface area contributed by atoms with E-state index < -0.39 is 36.2 Å². The van der Waals surface area contributed by atoms with Crippen LogP contribution in [0.3, 0.4) is 0 Å². The Morgan fingerprint density at radius 1 is 0.750 bits per heavy atom. The first-order chi connectivity index (χ1) is 15.0. The molecule has 0 spiro atoms. The van der Waals surface area contributed by atoms with Gasteiger partial charge in [-0.2, -0.15) is 0 Å². The van der Waals surface area contributed by atoms with Crippen LogP contribution in [0.1, 0.15) is 41.5 Å². The van der Waals surface area contributed by atoms with Gasteiger partial charge in [-0.05, 0) is 38.8 Å². The van der Waals surface area contributed by atoms with Gasteiger partial charge in [0.1, 0.15) is 13.2 Å². The third-order valence-electron chi connectivity index (χ3n) is 5.55. The molecular weight excluding hydrogens is 420 g/mol. The number of hydrogen-bond donors (Lipinski definition) is 0. The highest BCUT2D eigenvalue weighted by Crippen LogP contribution is 2.54. The van der Waals surface area contributed by atoms with Gasteiger partial charge in [0.15, 0.2) is 0 Å². The standard InChI is InChI=1S/C22H30N2O8/c1-11(2)31-21(27)23-17-7-8-18(24(23)22(28)32-12(3)4)20-16(10-30-14(6)26)15(19(17)20)9-29-13(5)25/h7-8,11-12,17-20H,9-10H2,1-6H3/t17-,18+,19+,20-. The molecule has 0 aromatic carbocycles. The zero-order chi connectivity index (χ0) is 23.7. The van der Waals surface area contributed by atoms with Crippen LogP contribution in [-0.4, -0.2) is 71.6 Å². The second-order valence-electron chi connectivity index (χ2n) is 8.58. The molecule has 0 saturated carbocycles. The Morgan fingerprint density at radius 3 is 1.38 bits per heavy atom. The van der Waals surface area contributed by atoms with Crippen molar-refractivity contribution in [1.82, 2.24) is 10.0 Å². The van der Waals surface area contributed by atoms with Gasteiger partial charge in [0.2, 0.25) is 0 Å². The number of carbonyl (C=O) groups excluding carboxylic acids is 4. The third kappa shape index (κ3) is 4.44. The fourth-order valence-corrected chi connectivity index (χ4v) is 4.49. The SMILES string of the molecule is CC(=O)OCC1=C(COC(C)=O)[C@H]2[C@@H]1[C@H]1C=C[C@@H]2N(C(=O)OC(C)C)N1C(=O)OC(C)C. The number of esters is 2. The molecule has 1 fully saturated rings. The zero-order valence-corrected chi connectivity index (χ0v) is 19.2. The summed E-state index contributed by atoms with van der Waals surface area (Å²) in [5, 5.41) is 2.57. The Labute approximate surface area is 187 Å². The highest BCUT2D eigenvalue weighted by atomic mass is 16.6. The van der Waals surface area contributed by atoms with Crippen LogP contribution in [0.4, 0.5) is 9.59 Å². The Balaban J connectivity index is 1.99. The first-order valence-electron chi connectivity index (χ1n) is 10.7. The average molecular weight is 450 g/mol. The lowest BCUT2D eigenvalue weighted by Crippen LogP contribution is -2.72. The van der Waals surface area contributed by atoms with E-state index in [2.05, 4.69) is 0 Å². The van der Waals surface area contributed by atoms with Crippen LogP contribution < -0.4 is 0 Å². The average Bonchev–Trinajstić information content (AvgIpc) is 2.65. The molecule has 0 N–H and O–H groups in total. The lowest BCUT2D eigenvalue weighted by Gasteiger charge is -2.60. The second kappa shape index (κ2) is 9.22. The van der Waals surface area contributed by atoms with E-state index in [0.717, 1.165) is 11.1 Å². The van der Waals surface area contributed by atoms with E-state index in [9.17, 15) is 19.2 Å². The molecule has 2 amide bonds. The Bertz CT molecular complexity index is 794. The normalized spacial score (nSPS) is 25.5. The third-order valence-corrected chi connectivity index (χ3v) is 5.55. The first-order valence-corrected chi connectivity index (χ1v) is 10.7. The van der Waals surface area contributed by atoms with Gasteiger partial charge in [0.05, 0.1) is 24.3 Å². The lowest BCUT2D eigenvalue weighted by atomic mass is 9.58. The van der Waals surface area contributed by atoms with Gasteiger partial charge in [0.25, 0.3) is 0 Å². The summed E-state index contributed by atoms with van der Waals surface area (Å²) in [4.78, 5) is 48.8. The zero-order valence-electron chi connectivity index (χ0n) is 19.2. The van der Waals surface area contributed by atoms with Crippen molar-refractivity contribution in [3.8, 4) is 0 Å². The van der Waals surface area contributed by atoms with E-state index in [-0.39, 0.29) is 37.3 Å². The van der Waals surface area contributed by atoms with Gasteiger partial charge < -0.3 is 18.9 Å². The van der Waals surface area contributed by atoms with Gasteiger partial charge in [0, 0.05) is 25.7 Å². The molecule has 10 nitrogen and oxygen atoms in total. The maximum Gasteiger partial charge on any atom is 0.429 e. The molecule has 2 heterocycles. The van der Waals surface area contributed by atoms with E-state index in [1.807, 2.05) is 12.2 Å². The van der Waals surface area contributed by atoms with Crippen molar-refractivity contribution in [3.63, 3.8) is 0 Å². The fourth-order valence-electron chi connectivity index (χ4n) is 4.49. The maximum absolute atomic E-state index is 13.0. The largest absolute Gasteiger partial charge is 0.461 e. The van der Waals surface area contributed by atoms with Gasteiger partial charge in [-0.25, -0.2) is 19.6 Å². The number of carbonyl (C=O) groups is 4. The minimum atomic E-state index is -0.668. The quantitative estimate of drug-likeness (QED) is 0.345. The lowest BCUT2D eigenvalue weighted by molar-refractivity contribution is -0.146. The van der Waals surface area contributed by atoms with Crippen LogP contribution in [0.25, 0.3) is 0 Å². The van der Waals surface area contributed by atoms with Crippen molar-refractivity contribution >= 4 is 24.1 Å². The monoisotopic (exact) mass is 450 g/mol. The van der Waals surface area contributed by atoms with Gasteiger partial charge in [-0.1, -0.05) is 12.2 Å². The molecule has 4 atom stereocenters. The number of hydrogen-bond acceptors (Lipinski definition) is 8. The Hall–Kier alpha value is -3.04. The number of nitrogens with zero attached hydrogens (tertiary/aromatic N) is 2. The topological polar surface area (TPSA) is 112 Å². The number of fused-ring (bicyclic) bond motifs is 1. The van der Waals surface area contributed by atoms with Crippen LogP contribution in [0.15, 0.2) is 23.3 Å². The van der Waals surface area contributed by atoms with Crippen molar-refractivity contribution in [2.75, 3.05) is 13.2 Å². The molecule has 0 radical (unpaired) electrons. The fraction of sp³-hybridized carbons (Fsp3) is 0.636. The van der Waals surface area contributed by atoms with Crippen LogP contribution in [0, 0.1) is 11.8 Å². The number of hydrazine groups is 1. The summed E-state index contributed by atoms with van der Waals surface area (Å²) in [6.07, 6.45) is 1.59. The molecule has 4 rings (SSSR count). The molecule has 0 unspecified atom stereocenters. The number of amides is 2. The van der Waals surface area contributed by atoms with E-state index >= 15 is 0 Å². The smallest absolute Gasteiger partial charge is 0.429 e. The van der Waals surface area contributed by atoms with Gasteiger partial charge in [-0.15, -0.1) is 0 Å². The number of ether oxygens (including phenoxy) is 4. The molecule has 2 aliphatic heterocycles. The molecule has 0 aromatic heterocycles. The second-order valence-corrected chi connectivity index (χ2v) is 8.58. The van der Waals surface area contributed by atoms with E-state index in [1.54, 1.807) is 27.7 Å². The van der Waals surface area contributed by atoms with Gasteiger partial charge >= 0.3 is 24.1 Å². The molecule has 2 bridgehead atoms. The predicted molar refractivity (Wildman–Crippen MR) is 111 cm³/mol. The molecule has 2 aliphatic carbocycles. The van der Waals surface area contributed by atoms with Crippen molar-refractivity contribution < 1.29 is 38.1 Å². The van der Waals surface area contributed by atoms with Crippen LogP contribution in [-0.2, 0) is 28.5 Å². The summed E-state index contributed by atoms with van der Waals surface area (Å²) < 4.78 is 21.3. The molecule has 0 aromatic rings. The molecule has 10 heteroatoms. The minimum Gasteiger partial charge on any atom is -0.461 e. The van der Waals surface area contributed by atoms with E-state index in [0.29, 0.717) is 0 Å². The van der Waals surface area contributed by atoms with Gasteiger partial charge in [-0.3, -0.25) is 9.59 Å². The van der Waals surface area contributed by atoms with Crippen molar-refractivity contribution in [2.24, 2.45) is 11.8 Å². The summed E-state index contributed by atoms with van der Waals surface area (Å²) in [5.41, 5.74) is 1.56. The maximum atomic E-state index is 13.0. The number of rotatable bonds is 6. The molecule has 32 heavy (non-hydrogen) atoms. The highest BCUT2D eigenvalue weighted by Gasteiger charge is 2.61. The predicted octanol–water partition coefficient (Wildman–Crippen LogP) is 2.58. The summed E-state index contributed by atoms with van der Waals surface area (Å²) >= 11 is 0. The molecular formula is C22H30N2O8. The van der Waals surface area contributed by atoms with Crippen molar-refractivity contribution in [3.05, 3.63) is 23.3 Å². The van der Waals surface area contributed by atoms with Crippen LogP contribution in [0.2, 0.25) is 0 Å². The summed E-state index contributed by atoms with van der Waals surface area (Å²) in [6, 6.07) is -1.08. The van der Waals surface area contributed by atoms with Crippen molar-refractivity contribution in [2.45, 2.75) is 65.8 Å². The molecule has 4 aliphatic rings.